The van der Waals surface area contributed by atoms with E-state index in [1.807, 2.05) is 18.2 Å². The van der Waals surface area contributed by atoms with Crippen LogP contribution in [-0.2, 0) is 4.74 Å². The SMILES string of the molecule is COC(=O)c1ccccc1OCC[C@@H]1CCCNC1. The quantitative estimate of drug-likeness (QED) is 0.828. The van der Waals surface area contributed by atoms with Crippen LogP contribution in [0.3, 0.4) is 0 Å². The molecule has 4 nitrogen and oxygen atoms in total. The first-order valence-corrected chi connectivity index (χ1v) is 6.82. The van der Waals surface area contributed by atoms with E-state index in [2.05, 4.69) is 5.32 Å². The van der Waals surface area contributed by atoms with E-state index in [0.29, 0.717) is 23.8 Å². The van der Waals surface area contributed by atoms with Crippen molar-refractivity contribution in [2.24, 2.45) is 5.92 Å². The third-order valence-electron chi connectivity index (χ3n) is 3.47. The number of para-hydroxylation sites is 1. The van der Waals surface area contributed by atoms with Gasteiger partial charge in [0.1, 0.15) is 11.3 Å². The molecule has 0 saturated carbocycles. The van der Waals surface area contributed by atoms with E-state index < -0.39 is 0 Å². The molecule has 4 heteroatoms. The number of rotatable bonds is 5. The molecular formula is C15H21NO3. The molecule has 1 atom stereocenters. The Morgan fingerprint density at radius 3 is 3.00 bits per heavy atom. The molecule has 0 bridgehead atoms. The topological polar surface area (TPSA) is 47.6 Å². The van der Waals surface area contributed by atoms with Crippen molar-refractivity contribution in [3.05, 3.63) is 29.8 Å². The Kier molecular flexibility index (Phi) is 5.21. The predicted molar refractivity (Wildman–Crippen MR) is 73.5 cm³/mol. The summed E-state index contributed by atoms with van der Waals surface area (Å²) >= 11 is 0. The maximum absolute atomic E-state index is 11.6. The van der Waals surface area contributed by atoms with Gasteiger partial charge in [0.25, 0.3) is 0 Å². The number of hydrogen-bond donors (Lipinski definition) is 1. The third kappa shape index (κ3) is 3.96. The summed E-state index contributed by atoms with van der Waals surface area (Å²) < 4.78 is 10.5. The maximum atomic E-state index is 11.6. The van der Waals surface area contributed by atoms with Crippen molar-refractivity contribution in [2.45, 2.75) is 19.3 Å². The van der Waals surface area contributed by atoms with Gasteiger partial charge in [0.15, 0.2) is 0 Å². The van der Waals surface area contributed by atoms with Gasteiger partial charge in [0.2, 0.25) is 0 Å². The summed E-state index contributed by atoms with van der Waals surface area (Å²) in [5, 5.41) is 3.39. The first-order chi connectivity index (χ1) is 9.31. The minimum atomic E-state index is -0.352. The van der Waals surface area contributed by atoms with Crippen molar-refractivity contribution >= 4 is 5.97 Å². The van der Waals surface area contributed by atoms with Gasteiger partial charge in [-0.1, -0.05) is 12.1 Å². The Bertz CT molecular complexity index is 414. The number of esters is 1. The fourth-order valence-corrected chi connectivity index (χ4v) is 2.38. The molecule has 0 aliphatic carbocycles. The zero-order valence-electron chi connectivity index (χ0n) is 11.4. The average Bonchev–Trinajstić information content (AvgIpc) is 2.48. The van der Waals surface area contributed by atoms with Gasteiger partial charge >= 0.3 is 5.97 Å². The van der Waals surface area contributed by atoms with E-state index in [-0.39, 0.29) is 5.97 Å². The van der Waals surface area contributed by atoms with Crippen molar-refractivity contribution in [1.82, 2.24) is 5.32 Å². The molecule has 0 spiro atoms. The molecule has 1 aliphatic rings. The molecule has 0 radical (unpaired) electrons. The lowest BCUT2D eigenvalue weighted by Crippen LogP contribution is -2.30. The zero-order chi connectivity index (χ0) is 13.5. The molecule has 0 aromatic heterocycles. The lowest BCUT2D eigenvalue weighted by molar-refractivity contribution is 0.0595. The molecule has 0 amide bonds. The van der Waals surface area contributed by atoms with Gasteiger partial charge in [-0.15, -0.1) is 0 Å². The summed E-state index contributed by atoms with van der Waals surface area (Å²) in [5.41, 5.74) is 0.492. The number of benzene rings is 1. The van der Waals surface area contributed by atoms with Gasteiger partial charge in [-0.05, 0) is 50.4 Å². The van der Waals surface area contributed by atoms with Gasteiger partial charge in [-0.25, -0.2) is 4.79 Å². The van der Waals surface area contributed by atoms with Crippen LogP contribution in [0.1, 0.15) is 29.6 Å². The van der Waals surface area contributed by atoms with Crippen LogP contribution in [0.5, 0.6) is 5.75 Å². The zero-order valence-corrected chi connectivity index (χ0v) is 11.4. The number of carbonyl (C=O) groups excluding carboxylic acids is 1. The predicted octanol–water partition coefficient (Wildman–Crippen LogP) is 2.24. The Labute approximate surface area is 114 Å². The molecule has 0 unspecified atom stereocenters. The highest BCUT2D eigenvalue weighted by atomic mass is 16.5. The first-order valence-electron chi connectivity index (χ1n) is 6.82. The molecule has 2 rings (SSSR count). The minimum absolute atomic E-state index is 0.352. The van der Waals surface area contributed by atoms with Crippen molar-refractivity contribution in [1.29, 1.82) is 0 Å². The molecule has 19 heavy (non-hydrogen) atoms. The first kappa shape index (κ1) is 13.9. The van der Waals surface area contributed by atoms with Gasteiger partial charge in [0, 0.05) is 0 Å². The van der Waals surface area contributed by atoms with Crippen LogP contribution < -0.4 is 10.1 Å². The molecule has 1 N–H and O–H groups in total. The average molecular weight is 263 g/mol. The highest BCUT2D eigenvalue weighted by molar-refractivity contribution is 5.92. The lowest BCUT2D eigenvalue weighted by atomic mass is 9.97. The van der Waals surface area contributed by atoms with Gasteiger partial charge in [0.05, 0.1) is 13.7 Å². The Morgan fingerprint density at radius 1 is 1.42 bits per heavy atom. The van der Waals surface area contributed by atoms with Crippen LogP contribution in [0.25, 0.3) is 0 Å². The van der Waals surface area contributed by atoms with E-state index in [0.717, 1.165) is 19.5 Å². The number of carbonyl (C=O) groups is 1. The largest absolute Gasteiger partial charge is 0.493 e. The summed E-state index contributed by atoms with van der Waals surface area (Å²) in [6.07, 6.45) is 3.51. The Morgan fingerprint density at radius 2 is 2.26 bits per heavy atom. The van der Waals surface area contributed by atoms with E-state index in [1.165, 1.54) is 20.0 Å². The second-order valence-corrected chi connectivity index (χ2v) is 4.84. The summed E-state index contributed by atoms with van der Waals surface area (Å²) in [6, 6.07) is 7.21. The van der Waals surface area contributed by atoms with Gasteiger partial charge in [-0.3, -0.25) is 0 Å². The highest BCUT2D eigenvalue weighted by Crippen LogP contribution is 2.20. The molecule has 1 aliphatic heterocycles. The number of piperidine rings is 1. The van der Waals surface area contributed by atoms with Gasteiger partial charge < -0.3 is 14.8 Å². The number of hydrogen-bond acceptors (Lipinski definition) is 4. The van der Waals surface area contributed by atoms with Crippen molar-refractivity contribution in [3.8, 4) is 5.75 Å². The fourth-order valence-electron chi connectivity index (χ4n) is 2.38. The molecule has 1 fully saturated rings. The van der Waals surface area contributed by atoms with E-state index >= 15 is 0 Å². The van der Waals surface area contributed by atoms with E-state index in [1.54, 1.807) is 6.07 Å². The standard InChI is InChI=1S/C15H21NO3/c1-18-15(17)13-6-2-3-7-14(13)19-10-8-12-5-4-9-16-11-12/h2-3,6-7,12,16H,4-5,8-11H2,1H3/t12-/m0/s1. The number of methoxy groups -OCH3 is 1. The third-order valence-corrected chi connectivity index (χ3v) is 3.47. The van der Waals surface area contributed by atoms with Crippen molar-refractivity contribution < 1.29 is 14.3 Å². The normalized spacial score (nSPS) is 18.9. The van der Waals surface area contributed by atoms with Crippen LogP contribution in [-0.4, -0.2) is 32.8 Å². The summed E-state index contributed by atoms with van der Waals surface area (Å²) in [5.74, 6) is 0.937. The minimum Gasteiger partial charge on any atom is -0.493 e. The molecular weight excluding hydrogens is 242 g/mol. The van der Waals surface area contributed by atoms with Crippen LogP contribution in [0.2, 0.25) is 0 Å². The molecule has 1 aromatic rings. The molecule has 104 valence electrons. The van der Waals surface area contributed by atoms with Crippen molar-refractivity contribution in [2.75, 3.05) is 26.8 Å². The Hall–Kier alpha value is -1.55. The highest BCUT2D eigenvalue weighted by Gasteiger charge is 2.15. The number of ether oxygens (including phenoxy) is 2. The van der Waals surface area contributed by atoms with Crippen LogP contribution in [0.15, 0.2) is 24.3 Å². The number of nitrogens with one attached hydrogen (secondary N) is 1. The molecule has 1 saturated heterocycles. The monoisotopic (exact) mass is 263 g/mol. The summed E-state index contributed by atoms with van der Waals surface area (Å²) in [6.45, 7) is 2.84. The fraction of sp³-hybridized carbons (Fsp3) is 0.533. The van der Waals surface area contributed by atoms with Crippen LogP contribution >= 0.6 is 0 Å². The summed E-state index contributed by atoms with van der Waals surface area (Å²) in [4.78, 5) is 11.6. The molecule has 1 aromatic carbocycles. The Balaban J connectivity index is 1.86. The smallest absolute Gasteiger partial charge is 0.341 e. The van der Waals surface area contributed by atoms with E-state index in [4.69, 9.17) is 9.47 Å². The summed E-state index contributed by atoms with van der Waals surface area (Å²) in [7, 11) is 1.38. The second-order valence-electron chi connectivity index (χ2n) is 4.84. The lowest BCUT2D eigenvalue weighted by Gasteiger charge is -2.22. The maximum Gasteiger partial charge on any atom is 0.341 e. The van der Waals surface area contributed by atoms with Gasteiger partial charge in [-0.2, -0.15) is 0 Å². The molecule has 1 heterocycles. The van der Waals surface area contributed by atoms with Crippen molar-refractivity contribution in [3.63, 3.8) is 0 Å². The van der Waals surface area contributed by atoms with E-state index in [9.17, 15) is 4.79 Å². The van der Waals surface area contributed by atoms with Crippen LogP contribution in [0.4, 0.5) is 0 Å². The van der Waals surface area contributed by atoms with Crippen LogP contribution in [0, 0.1) is 5.92 Å². The second kappa shape index (κ2) is 7.14.